The Morgan fingerprint density at radius 1 is 1.03 bits per heavy atom. The van der Waals surface area contributed by atoms with E-state index in [0.29, 0.717) is 11.3 Å². The van der Waals surface area contributed by atoms with E-state index in [4.69, 9.17) is 9.72 Å². The number of benzene rings is 1. The SMILES string of the molecule is CCc1ccc(N2CCC(n3nnc4cc(-c5ccc(C(=O)N6CCC6)c(OC)c5)ncc43)CC2)nc1. The molecule has 3 aromatic heterocycles. The number of anilines is 1. The second-order valence-electron chi connectivity index (χ2n) is 9.75. The number of methoxy groups -OCH3 is 1. The number of carbonyl (C=O) groups is 1. The lowest BCUT2D eigenvalue weighted by molar-refractivity contribution is 0.0648. The molecule has 0 bridgehead atoms. The topological polar surface area (TPSA) is 89.3 Å². The highest BCUT2D eigenvalue weighted by Crippen LogP contribution is 2.31. The van der Waals surface area contributed by atoms with Crippen molar-refractivity contribution < 1.29 is 9.53 Å². The molecular weight excluding hydrogens is 466 g/mol. The van der Waals surface area contributed by atoms with Gasteiger partial charge in [-0.3, -0.25) is 9.78 Å². The lowest BCUT2D eigenvalue weighted by atomic mass is 10.0. The van der Waals surface area contributed by atoms with Crippen molar-refractivity contribution in [3.63, 3.8) is 0 Å². The number of carbonyl (C=O) groups excluding carboxylic acids is 1. The Labute approximate surface area is 216 Å². The molecule has 0 N–H and O–H groups in total. The Morgan fingerprint density at radius 3 is 2.54 bits per heavy atom. The molecule has 4 aromatic rings. The van der Waals surface area contributed by atoms with Crippen LogP contribution in [0.5, 0.6) is 5.75 Å². The lowest BCUT2D eigenvalue weighted by Crippen LogP contribution is -2.42. The molecule has 9 heteroatoms. The molecule has 190 valence electrons. The molecular formula is C28H31N7O2. The van der Waals surface area contributed by atoms with Crippen molar-refractivity contribution >= 4 is 22.8 Å². The summed E-state index contributed by atoms with van der Waals surface area (Å²) in [7, 11) is 1.59. The predicted molar refractivity (Wildman–Crippen MR) is 142 cm³/mol. The van der Waals surface area contributed by atoms with Crippen LogP contribution in [0.1, 0.15) is 48.1 Å². The van der Waals surface area contributed by atoms with E-state index in [0.717, 1.165) is 80.0 Å². The monoisotopic (exact) mass is 497 g/mol. The van der Waals surface area contributed by atoms with E-state index in [2.05, 4.69) is 39.3 Å². The average Bonchev–Trinajstić information content (AvgIpc) is 3.35. The van der Waals surface area contributed by atoms with E-state index in [9.17, 15) is 4.79 Å². The van der Waals surface area contributed by atoms with Crippen molar-refractivity contribution in [2.24, 2.45) is 0 Å². The molecule has 2 fully saturated rings. The van der Waals surface area contributed by atoms with Gasteiger partial charge in [-0.15, -0.1) is 5.10 Å². The van der Waals surface area contributed by atoms with E-state index >= 15 is 0 Å². The van der Waals surface area contributed by atoms with Gasteiger partial charge in [0, 0.05) is 37.9 Å². The molecule has 1 aromatic carbocycles. The number of pyridine rings is 2. The molecule has 0 unspecified atom stereocenters. The van der Waals surface area contributed by atoms with Gasteiger partial charge in [-0.1, -0.05) is 24.3 Å². The maximum atomic E-state index is 12.7. The molecule has 6 rings (SSSR count). The Balaban J connectivity index is 1.19. The summed E-state index contributed by atoms with van der Waals surface area (Å²) in [6, 6.07) is 12.1. The van der Waals surface area contributed by atoms with Crippen molar-refractivity contribution in [3.05, 3.63) is 59.9 Å². The largest absolute Gasteiger partial charge is 0.496 e. The number of hydrogen-bond donors (Lipinski definition) is 0. The maximum Gasteiger partial charge on any atom is 0.257 e. The fraction of sp³-hybridized carbons (Fsp3) is 0.393. The number of nitrogens with zero attached hydrogens (tertiary/aromatic N) is 7. The lowest BCUT2D eigenvalue weighted by Gasteiger charge is -2.32. The quantitative estimate of drug-likeness (QED) is 0.395. The van der Waals surface area contributed by atoms with Crippen LogP contribution in [0.4, 0.5) is 5.82 Å². The van der Waals surface area contributed by atoms with Crippen LogP contribution in [0.25, 0.3) is 22.3 Å². The fourth-order valence-corrected chi connectivity index (χ4v) is 5.14. The van der Waals surface area contributed by atoms with Crippen LogP contribution < -0.4 is 9.64 Å². The van der Waals surface area contributed by atoms with E-state index in [1.807, 2.05) is 46.2 Å². The molecule has 0 atom stereocenters. The van der Waals surface area contributed by atoms with Crippen molar-refractivity contribution in [2.45, 2.75) is 38.6 Å². The normalized spacial score (nSPS) is 16.2. The van der Waals surface area contributed by atoms with Gasteiger partial charge in [0.05, 0.1) is 30.6 Å². The first-order valence-electron chi connectivity index (χ1n) is 13.0. The first-order chi connectivity index (χ1) is 18.1. The summed E-state index contributed by atoms with van der Waals surface area (Å²) in [6.07, 6.45) is 7.83. The highest BCUT2D eigenvalue weighted by Gasteiger charge is 2.26. The fourth-order valence-electron chi connectivity index (χ4n) is 5.14. The van der Waals surface area contributed by atoms with Gasteiger partial charge in [0.25, 0.3) is 5.91 Å². The van der Waals surface area contributed by atoms with Gasteiger partial charge in [0.1, 0.15) is 22.6 Å². The van der Waals surface area contributed by atoms with E-state index in [1.54, 1.807) is 7.11 Å². The number of aryl methyl sites for hydroxylation is 1. The minimum atomic E-state index is 0.0146. The highest BCUT2D eigenvalue weighted by molar-refractivity contribution is 5.98. The Morgan fingerprint density at radius 2 is 1.86 bits per heavy atom. The van der Waals surface area contributed by atoms with Crippen LogP contribution in [-0.2, 0) is 6.42 Å². The standard InChI is InChI=1S/C28H31N7O2/c1-3-19-5-8-27(30-17-19)33-13-9-21(10-14-33)35-25-18-29-23(16-24(25)31-32-35)20-6-7-22(26(15-20)37-2)28(36)34-11-4-12-34/h5-8,15-18,21H,3-4,9-14H2,1-2H3. The van der Waals surface area contributed by atoms with Crippen LogP contribution in [-0.4, -0.2) is 69.1 Å². The Kier molecular flexibility index (Phi) is 6.20. The van der Waals surface area contributed by atoms with Crippen LogP contribution in [0.15, 0.2) is 48.8 Å². The van der Waals surface area contributed by atoms with E-state index in [-0.39, 0.29) is 11.9 Å². The zero-order valence-corrected chi connectivity index (χ0v) is 21.3. The highest BCUT2D eigenvalue weighted by atomic mass is 16.5. The van der Waals surface area contributed by atoms with Crippen LogP contribution in [0.2, 0.25) is 0 Å². The number of ether oxygens (including phenoxy) is 1. The number of hydrogen-bond acceptors (Lipinski definition) is 7. The van der Waals surface area contributed by atoms with Crippen LogP contribution in [0.3, 0.4) is 0 Å². The number of likely N-dealkylation sites (tertiary alicyclic amines) is 1. The first kappa shape index (κ1) is 23.4. The smallest absolute Gasteiger partial charge is 0.257 e. The number of piperidine rings is 1. The summed E-state index contributed by atoms with van der Waals surface area (Å²) in [5.74, 6) is 1.62. The second kappa shape index (κ2) is 9.80. The van der Waals surface area contributed by atoms with Crippen molar-refractivity contribution in [3.8, 4) is 17.0 Å². The summed E-state index contributed by atoms with van der Waals surface area (Å²) in [4.78, 5) is 26.3. The zero-order valence-electron chi connectivity index (χ0n) is 21.3. The van der Waals surface area contributed by atoms with Gasteiger partial charge < -0.3 is 14.5 Å². The number of rotatable bonds is 6. The molecule has 0 saturated carbocycles. The van der Waals surface area contributed by atoms with Gasteiger partial charge in [-0.2, -0.15) is 0 Å². The molecule has 5 heterocycles. The molecule has 9 nitrogen and oxygen atoms in total. The summed E-state index contributed by atoms with van der Waals surface area (Å²) in [5.41, 5.74) is 5.24. The number of amides is 1. The van der Waals surface area contributed by atoms with E-state index < -0.39 is 0 Å². The van der Waals surface area contributed by atoms with Gasteiger partial charge in [0.15, 0.2) is 0 Å². The molecule has 1 amide bonds. The van der Waals surface area contributed by atoms with Gasteiger partial charge in [-0.05, 0) is 55.5 Å². The minimum Gasteiger partial charge on any atom is -0.496 e. The third-order valence-electron chi connectivity index (χ3n) is 7.58. The van der Waals surface area contributed by atoms with E-state index in [1.165, 1.54) is 5.56 Å². The van der Waals surface area contributed by atoms with Crippen LogP contribution >= 0.6 is 0 Å². The predicted octanol–water partition coefficient (Wildman–Crippen LogP) is 4.15. The van der Waals surface area contributed by atoms with Crippen molar-refractivity contribution in [1.29, 1.82) is 0 Å². The van der Waals surface area contributed by atoms with Crippen LogP contribution in [0, 0.1) is 0 Å². The Hall–Kier alpha value is -4.01. The Bertz CT molecular complexity index is 1420. The molecule has 0 aliphatic carbocycles. The molecule has 0 spiro atoms. The number of fused-ring (bicyclic) bond motifs is 1. The maximum absolute atomic E-state index is 12.7. The third kappa shape index (κ3) is 4.39. The molecule has 37 heavy (non-hydrogen) atoms. The molecule has 2 saturated heterocycles. The number of aromatic nitrogens is 5. The minimum absolute atomic E-state index is 0.0146. The molecule has 2 aliphatic heterocycles. The van der Waals surface area contributed by atoms with Crippen molar-refractivity contribution in [2.75, 3.05) is 38.2 Å². The average molecular weight is 498 g/mol. The van der Waals surface area contributed by atoms with Gasteiger partial charge >= 0.3 is 0 Å². The third-order valence-corrected chi connectivity index (χ3v) is 7.58. The summed E-state index contributed by atoms with van der Waals surface area (Å²) < 4.78 is 7.57. The second-order valence-corrected chi connectivity index (χ2v) is 9.75. The van der Waals surface area contributed by atoms with Gasteiger partial charge in [0.2, 0.25) is 0 Å². The van der Waals surface area contributed by atoms with Gasteiger partial charge in [-0.25, -0.2) is 9.67 Å². The summed E-state index contributed by atoms with van der Waals surface area (Å²) in [5, 5.41) is 8.96. The summed E-state index contributed by atoms with van der Waals surface area (Å²) in [6.45, 7) is 5.61. The first-order valence-corrected chi connectivity index (χ1v) is 13.0. The zero-order chi connectivity index (χ0) is 25.4. The summed E-state index contributed by atoms with van der Waals surface area (Å²) >= 11 is 0. The molecule has 2 aliphatic rings. The molecule has 0 radical (unpaired) electrons. The van der Waals surface area contributed by atoms with Crippen molar-refractivity contribution in [1.82, 2.24) is 29.9 Å².